The summed E-state index contributed by atoms with van der Waals surface area (Å²) >= 11 is 0. The summed E-state index contributed by atoms with van der Waals surface area (Å²) in [6.07, 6.45) is 0. The lowest BCUT2D eigenvalue weighted by atomic mass is 10.0. The van der Waals surface area contributed by atoms with Crippen molar-refractivity contribution in [2.45, 2.75) is 32.9 Å². The zero-order valence-electron chi connectivity index (χ0n) is 17.0. The van der Waals surface area contributed by atoms with Gasteiger partial charge in [0.05, 0.1) is 20.3 Å². The molecule has 6 heteroatoms. The number of nitrogens with one attached hydrogen (secondary N) is 2. The number of amides is 2. The second-order valence-corrected chi connectivity index (χ2v) is 6.94. The Morgan fingerprint density at radius 2 is 1.43 bits per heavy atom. The third kappa shape index (κ3) is 5.49. The van der Waals surface area contributed by atoms with E-state index >= 15 is 0 Å². The van der Waals surface area contributed by atoms with Crippen molar-refractivity contribution in [3.8, 4) is 11.5 Å². The first-order chi connectivity index (χ1) is 13.3. The molecular weight excluding hydrogens is 356 g/mol. The van der Waals surface area contributed by atoms with Crippen LogP contribution in [0, 0.1) is 5.92 Å². The minimum absolute atomic E-state index is 0.0839. The first kappa shape index (κ1) is 21.3. The number of hydrogen-bond donors (Lipinski definition) is 2. The van der Waals surface area contributed by atoms with Crippen LogP contribution in [0.2, 0.25) is 0 Å². The van der Waals surface area contributed by atoms with E-state index in [0.29, 0.717) is 17.1 Å². The molecule has 0 heterocycles. The SMILES string of the molecule is COc1cc(OC)cc(C(=O)NC(C(=O)NC(C)c2ccccc2)C(C)C)c1. The lowest BCUT2D eigenvalue weighted by Crippen LogP contribution is -2.50. The van der Waals surface area contributed by atoms with Crippen molar-refractivity contribution in [3.63, 3.8) is 0 Å². The van der Waals surface area contributed by atoms with Crippen LogP contribution in [0.1, 0.15) is 42.7 Å². The van der Waals surface area contributed by atoms with Gasteiger partial charge in [0.15, 0.2) is 0 Å². The first-order valence-corrected chi connectivity index (χ1v) is 9.25. The maximum atomic E-state index is 12.8. The average Bonchev–Trinajstić information content (AvgIpc) is 2.71. The molecular formula is C22H28N2O4. The van der Waals surface area contributed by atoms with Gasteiger partial charge in [0.25, 0.3) is 5.91 Å². The van der Waals surface area contributed by atoms with E-state index in [1.54, 1.807) is 18.2 Å². The summed E-state index contributed by atoms with van der Waals surface area (Å²) in [6.45, 7) is 5.70. The molecule has 0 fully saturated rings. The molecule has 2 N–H and O–H groups in total. The molecule has 2 unspecified atom stereocenters. The Bertz CT molecular complexity index is 783. The minimum atomic E-state index is -0.671. The molecule has 2 aromatic rings. The van der Waals surface area contributed by atoms with Crippen molar-refractivity contribution in [1.82, 2.24) is 10.6 Å². The summed E-state index contributed by atoms with van der Waals surface area (Å²) in [5, 5.41) is 5.81. The third-order valence-corrected chi connectivity index (χ3v) is 4.51. The van der Waals surface area contributed by atoms with Crippen molar-refractivity contribution in [2.24, 2.45) is 5.92 Å². The zero-order valence-corrected chi connectivity index (χ0v) is 17.0. The normalized spacial score (nSPS) is 12.8. The highest BCUT2D eigenvalue weighted by molar-refractivity contribution is 5.98. The van der Waals surface area contributed by atoms with Crippen LogP contribution in [0.4, 0.5) is 0 Å². The Kier molecular flexibility index (Phi) is 7.44. The number of carbonyl (C=O) groups excluding carboxylic acids is 2. The Morgan fingerprint density at radius 1 is 0.857 bits per heavy atom. The number of benzene rings is 2. The molecule has 150 valence electrons. The molecule has 0 aromatic heterocycles. The van der Waals surface area contributed by atoms with Gasteiger partial charge in [0, 0.05) is 11.6 Å². The van der Waals surface area contributed by atoms with Crippen LogP contribution in [0.25, 0.3) is 0 Å². The van der Waals surface area contributed by atoms with E-state index < -0.39 is 6.04 Å². The van der Waals surface area contributed by atoms with Crippen molar-refractivity contribution in [2.75, 3.05) is 14.2 Å². The fourth-order valence-electron chi connectivity index (χ4n) is 2.83. The summed E-state index contributed by atoms with van der Waals surface area (Å²) in [7, 11) is 3.04. The Hall–Kier alpha value is -3.02. The van der Waals surface area contributed by atoms with E-state index in [0.717, 1.165) is 5.56 Å². The largest absolute Gasteiger partial charge is 0.497 e. The van der Waals surface area contributed by atoms with Crippen LogP contribution < -0.4 is 20.1 Å². The fourth-order valence-corrected chi connectivity index (χ4v) is 2.83. The van der Waals surface area contributed by atoms with E-state index in [9.17, 15) is 9.59 Å². The Balaban J connectivity index is 2.13. The second-order valence-electron chi connectivity index (χ2n) is 6.94. The summed E-state index contributed by atoms with van der Waals surface area (Å²) in [6, 6.07) is 13.8. The lowest BCUT2D eigenvalue weighted by Gasteiger charge is -2.24. The van der Waals surface area contributed by atoms with Crippen LogP contribution in [0.15, 0.2) is 48.5 Å². The predicted octanol–water partition coefficient (Wildman–Crippen LogP) is 3.34. The number of ether oxygens (including phenoxy) is 2. The molecule has 0 aliphatic heterocycles. The van der Waals surface area contributed by atoms with Crippen LogP contribution >= 0.6 is 0 Å². The summed E-state index contributed by atoms with van der Waals surface area (Å²) < 4.78 is 10.4. The highest BCUT2D eigenvalue weighted by atomic mass is 16.5. The molecule has 0 bridgehead atoms. The molecule has 2 rings (SSSR count). The molecule has 0 aliphatic rings. The quantitative estimate of drug-likeness (QED) is 0.732. The standard InChI is InChI=1S/C22H28N2O4/c1-14(2)20(22(26)23-15(3)16-9-7-6-8-10-16)24-21(25)17-11-18(27-4)13-19(12-17)28-5/h6-15,20H,1-5H3,(H,23,26)(H,24,25). The molecule has 2 amide bonds. The highest BCUT2D eigenvalue weighted by Gasteiger charge is 2.26. The lowest BCUT2D eigenvalue weighted by molar-refractivity contribution is -0.124. The molecule has 0 radical (unpaired) electrons. The summed E-state index contributed by atoms with van der Waals surface area (Å²) in [5.41, 5.74) is 1.37. The molecule has 0 spiro atoms. The van der Waals surface area contributed by atoms with E-state index in [2.05, 4.69) is 10.6 Å². The third-order valence-electron chi connectivity index (χ3n) is 4.51. The maximum absolute atomic E-state index is 12.8. The minimum Gasteiger partial charge on any atom is -0.497 e. The van der Waals surface area contributed by atoms with Crippen LogP contribution in [0.5, 0.6) is 11.5 Å². The zero-order chi connectivity index (χ0) is 20.7. The van der Waals surface area contributed by atoms with Gasteiger partial charge < -0.3 is 20.1 Å². The van der Waals surface area contributed by atoms with E-state index in [-0.39, 0.29) is 23.8 Å². The molecule has 6 nitrogen and oxygen atoms in total. The van der Waals surface area contributed by atoms with Gasteiger partial charge in [-0.05, 0) is 30.5 Å². The van der Waals surface area contributed by atoms with Crippen molar-refractivity contribution in [3.05, 3.63) is 59.7 Å². The van der Waals surface area contributed by atoms with Gasteiger partial charge in [-0.2, -0.15) is 0 Å². The Morgan fingerprint density at radius 3 is 1.93 bits per heavy atom. The second kappa shape index (κ2) is 9.78. The number of methoxy groups -OCH3 is 2. The Labute approximate surface area is 166 Å². The molecule has 2 aromatic carbocycles. The van der Waals surface area contributed by atoms with E-state index in [4.69, 9.17) is 9.47 Å². The predicted molar refractivity (Wildman–Crippen MR) is 109 cm³/mol. The van der Waals surface area contributed by atoms with Crippen LogP contribution in [0.3, 0.4) is 0 Å². The fraction of sp³-hybridized carbons (Fsp3) is 0.364. The summed E-state index contributed by atoms with van der Waals surface area (Å²) in [5.74, 6) is 0.341. The van der Waals surface area contributed by atoms with Crippen molar-refractivity contribution < 1.29 is 19.1 Å². The molecule has 28 heavy (non-hydrogen) atoms. The topological polar surface area (TPSA) is 76.7 Å². The van der Waals surface area contributed by atoms with Crippen molar-refractivity contribution in [1.29, 1.82) is 0 Å². The van der Waals surface area contributed by atoms with E-state index in [1.807, 2.05) is 51.1 Å². The van der Waals surface area contributed by atoms with Gasteiger partial charge in [-0.25, -0.2) is 0 Å². The molecule has 0 saturated heterocycles. The van der Waals surface area contributed by atoms with Gasteiger partial charge in [0.1, 0.15) is 17.5 Å². The first-order valence-electron chi connectivity index (χ1n) is 9.25. The monoisotopic (exact) mass is 384 g/mol. The van der Waals surface area contributed by atoms with Gasteiger partial charge in [-0.3, -0.25) is 9.59 Å². The van der Waals surface area contributed by atoms with Gasteiger partial charge in [0.2, 0.25) is 5.91 Å². The number of carbonyl (C=O) groups is 2. The van der Waals surface area contributed by atoms with Crippen LogP contribution in [-0.2, 0) is 4.79 Å². The number of hydrogen-bond acceptors (Lipinski definition) is 4. The maximum Gasteiger partial charge on any atom is 0.252 e. The summed E-state index contributed by atoms with van der Waals surface area (Å²) in [4.78, 5) is 25.6. The number of rotatable bonds is 8. The molecule has 0 saturated carbocycles. The molecule has 0 aliphatic carbocycles. The molecule has 2 atom stereocenters. The smallest absolute Gasteiger partial charge is 0.252 e. The van der Waals surface area contributed by atoms with Gasteiger partial charge >= 0.3 is 0 Å². The average molecular weight is 384 g/mol. The highest BCUT2D eigenvalue weighted by Crippen LogP contribution is 2.22. The van der Waals surface area contributed by atoms with Gasteiger partial charge in [-0.15, -0.1) is 0 Å². The van der Waals surface area contributed by atoms with E-state index in [1.165, 1.54) is 14.2 Å². The van der Waals surface area contributed by atoms with Crippen molar-refractivity contribution >= 4 is 11.8 Å². The van der Waals surface area contributed by atoms with Gasteiger partial charge in [-0.1, -0.05) is 44.2 Å². The van der Waals surface area contributed by atoms with Crippen LogP contribution in [-0.4, -0.2) is 32.1 Å².